The van der Waals surface area contributed by atoms with Gasteiger partial charge in [0.15, 0.2) is 0 Å². The second kappa shape index (κ2) is 4.89. The summed E-state index contributed by atoms with van der Waals surface area (Å²) < 4.78 is 0. The van der Waals surface area contributed by atoms with Gasteiger partial charge in [-0.05, 0) is 18.8 Å². The molecule has 0 aromatic carbocycles. The van der Waals surface area contributed by atoms with Crippen molar-refractivity contribution >= 4 is 6.21 Å². The maximum absolute atomic E-state index is 3.97. The van der Waals surface area contributed by atoms with Gasteiger partial charge in [-0.3, -0.25) is 4.99 Å². The smallest absolute Gasteiger partial charge is 0.0224 e. The van der Waals surface area contributed by atoms with Crippen LogP contribution in [0.3, 0.4) is 0 Å². The molecule has 0 spiro atoms. The molecule has 0 amide bonds. The second-order valence-corrected chi connectivity index (χ2v) is 3.19. The average molecular weight is 151 g/mol. The minimum absolute atomic E-state index is 0.194. The summed E-state index contributed by atoms with van der Waals surface area (Å²) in [6.45, 7) is 9.97. The predicted molar refractivity (Wildman–Crippen MR) is 51.9 cm³/mol. The molecule has 0 radical (unpaired) electrons. The first kappa shape index (κ1) is 10.2. The van der Waals surface area contributed by atoms with Crippen molar-refractivity contribution in [3.63, 3.8) is 0 Å². The molecule has 0 aromatic heterocycles. The molecule has 0 aliphatic carbocycles. The zero-order chi connectivity index (χ0) is 8.74. The lowest BCUT2D eigenvalue weighted by Gasteiger charge is -2.15. The third-order valence-electron chi connectivity index (χ3n) is 1.54. The molecular weight excluding hydrogens is 134 g/mol. The topological polar surface area (TPSA) is 12.4 Å². The lowest BCUT2D eigenvalue weighted by atomic mass is 9.90. The summed E-state index contributed by atoms with van der Waals surface area (Å²) in [6.07, 6.45) is 8.62. The second-order valence-electron chi connectivity index (χ2n) is 3.19. The molecule has 0 aliphatic rings. The molecule has 0 aromatic rings. The highest BCUT2D eigenvalue weighted by molar-refractivity contribution is 5.54. The van der Waals surface area contributed by atoms with E-state index < -0.39 is 0 Å². The molecule has 11 heavy (non-hydrogen) atoms. The number of hydrogen-bond acceptors (Lipinski definition) is 1. The van der Waals surface area contributed by atoms with Gasteiger partial charge in [-0.1, -0.05) is 26.0 Å². The van der Waals surface area contributed by atoms with E-state index >= 15 is 0 Å². The van der Waals surface area contributed by atoms with E-state index in [0.717, 1.165) is 6.42 Å². The monoisotopic (exact) mass is 151 g/mol. The summed E-state index contributed by atoms with van der Waals surface area (Å²) in [6, 6.07) is 0. The van der Waals surface area contributed by atoms with Gasteiger partial charge in [0.25, 0.3) is 0 Å². The Morgan fingerprint density at radius 2 is 2.09 bits per heavy atom. The molecule has 0 aliphatic heterocycles. The fourth-order valence-electron chi connectivity index (χ4n) is 0.587. The summed E-state index contributed by atoms with van der Waals surface area (Å²) >= 11 is 0. The van der Waals surface area contributed by atoms with Gasteiger partial charge >= 0.3 is 0 Å². The molecule has 1 heteroatoms. The maximum Gasteiger partial charge on any atom is 0.0224 e. The largest absolute Gasteiger partial charge is 0.270 e. The Kier molecular flexibility index (Phi) is 4.51. The van der Waals surface area contributed by atoms with Crippen LogP contribution in [0.4, 0.5) is 0 Å². The maximum atomic E-state index is 3.97. The van der Waals surface area contributed by atoms with Crippen molar-refractivity contribution < 1.29 is 0 Å². The summed E-state index contributed by atoms with van der Waals surface area (Å²) in [5.41, 5.74) is 0.194. The first-order valence-electron chi connectivity index (χ1n) is 3.89. The van der Waals surface area contributed by atoms with Gasteiger partial charge in [-0.15, -0.1) is 6.58 Å². The van der Waals surface area contributed by atoms with Gasteiger partial charge in [-0.25, -0.2) is 0 Å². The van der Waals surface area contributed by atoms with E-state index in [0.29, 0.717) is 0 Å². The normalized spacial score (nSPS) is 13.0. The van der Waals surface area contributed by atoms with Crippen LogP contribution >= 0.6 is 0 Å². The molecule has 0 atom stereocenters. The standard InChI is InChI=1S/C10H17N/c1-5-10(3,4)8-7-9-11-6-2/h5-7,9H,1,8H2,2-4H3/b9-7-,11-6?. The average Bonchev–Trinajstić information content (AvgIpc) is 1.99. The highest BCUT2D eigenvalue weighted by Gasteiger charge is 2.08. The Balaban J connectivity index is 3.77. The number of rotatable bonds is 4. The van der Waals surface area contributed by atoms with Crippen LogP contribution in [-0.2, 0) is 0 Å². The molecule has 0 saturated carbocycles. The van der Waals surface area contributed by atoms with Gasteiger partial charge in [0.1, 0.15) is 0 Å². The Morgan fingerprint density at radius 3 is 2.55 bits per heavy atom. The number of aliphatic imine (C=N–C) groups is 1. The van der Waals surface area contributed by atoms with Crippen molar-refractivity contribution in [1.29, 1.82) is 0 Å². The molecule has 0 N–H and O–H groups in total. The Bertz CT molecular complexity index is 164. The lowest BCUT2D eigenvalue weighted by molar-refractivity contribution is 0.490. The van der Waals surface area contributed by atoms with Crippen LogP contribution in [0.15, 0.2) is 29.9 Å². The van der Waals surface area contributed by atoms with Gasteiger partial charge in [-0.2, -0.15) is 0 Å². The molecule has 0 heterocycles. The first-order valence-corrected chi connectivity index (χ1v) is 3.89. The third kappa shape index (κ3) is 5.59. The molecule has 0 saturated heterocycles. The van der Waals surface area contributed by atoms with Crippen molar-refractivity contribution in [3.05, 3.63) is 24.9 Å². The van der Waals surface area contributed by atoms with Crippen LogP contribution in [0.5, 0.6) is 0 Å². The van der Waals surface area contributed by atoms with E-state index in [1.165, 1.54) is 0 Å². The third-order valence-corrected chi connectivity index (χ3v) is 1.54. The van der Waals surface area contributed by atoms with Gasteiger partial charge in [0, 0.05) is 12.4 Å². The van der Waals surface area contributed by atoms with E-state index in [-0.39, 0.29) is 5.41 Å². The molecule has 0 fully saturated rings. The highest BCUT2D eigenvalue weighted by atomic mass is 14.6. The van der Waals surface area contributed by atoms with E-state index in [1.807, 2.05) is 19.2 Å². The predicted octanol–water partition coefficient (Wildman–Crippen LogP) is 3.19. The molecule has 0 rings (SSSR count). The SMILES string of the molecule is C=CC(C)(C)C/C=C\N=CC. The quantitative estimate of drug-likeness (QED) is 0.432. The van der Waals surface area contributed by atoms with Crippen LogP contribution in [0.1, 0.15) is 27.2 Å². The van der Waals surface area contributed by atoms with Crippen LogP contribution in [0, 0.1) is 5.41 Å². The van der Waals surface area contributed by atoms with Crippen LogP contribution < -0.4 is 0 Å². The fourth-order valence-corrected chi connectivity index (χ4v) is 0.587. The number of allylic oxidation sites excluding steroid dienone is 2. The molecule has 1 nitrogen and oxygen atoms in total. The van der Waals surface area contributed by atoms with Gasteiger partial charge in [0.2, 0.25) is 0 Å². The van der Waals surface area contributed by atoms with Crippen LogP contribution in [0.25, 0.3) is 0 Å². The fraction of sp³-hybridized carbons (Fsp3) is 0.500. The summed E-state index contributed by atoms with van der Waals surface area (Å²) in [5.74, 6) is 0. The van der Waals surface area contributed by atoms with Crippen molar-refractivity contribution in [1.82, 2.24) is 0 Å². The number of hydrogen-bond donors (Lipinski definition) is 0. The zero-order valence-electron chi connectivity index (χ0n) is 7.67. The van der Waals surface area contributed by atoms with E-state index in [9.17, 15) is 0 Å². The van der Waals surface area contributed by atoms with Crippen molar-refractivity contribution in [2.24, 2.45) is 10.4 Å². The Morgan fingerprint density at radius 1 is 1.45 bits per heavy atom. The van der Waals surface area contributed by atoms with Crippen molar-refractivity contribution in [2.45, 2.75) is 27.2 Å². The molecule has 62 valence electrons. The van der Waals surface area contributed by atoms with Gasteiger partial charge in [0.05, 0.1) is 0 Å². The molecule has 0 bridgehead atoms. The number of nitrogens with zero attached hydrogens (tertiary/aromatic N) is 1. The van der Waals surface area contributed by atoms with E-state index in [1.54, 1.807) is 6.21 Å². The van der Waals surface area contributed by atoms with Crippen LogP contribution in [-0.4, -0.2) is 6.21 Å². The Labute approximate surface area is 69.5 Å². The summed E-state index contributed by atoms with van der Waals surface area (Å²) in [7, 11) is 0. The van der Waals surface area contributed by atoms with E-state index in [4.69, 9.17) is 0 Å². The Hall–Kier alpha value is -0.850. The molecular formula is C10H17N. The summed E-state index contributed by atoms with van der Waals surface area (Å²) in [4.78, 5) is 3.97. The lowest BCUT2D eigenvalue weighted by Crippen LogP contribution is -2.03. The zero-order valence-corrected chi connectivity index (χ0v) is 7.67. The minimum atomic E-state index is 0.194. The molecule has 0 unspecified atom stereocenters. The van der Waals surface area contributed by atoms with Crippen molar-refractivity contribution in [2.75, 3.05) is 0 Å². The summed E-state index contributed by atoms with van der Waals surface area (Å²) in [5, 5.41) is 0. The van der Waals surface area contributed by atoms with Crippen molar-refractivity contribution in [3.8, 4) is 0 Å². The van der Waals surface area contributed by atoms with E-state index in [2.05, 4.69) is 31.5 Å². The van der Waals surface area contributed by atoms with Crippen LogP contribution in [0.2, 0.25) is 0 Å². The first-order chi connectivity index (χ1) is 5.12. The highest BCUT2D eigenvalue weighted by Crippen LogP contribution is 2.21. The minimum Gasteiger partial charge on any atom is -0.270 e. The van der Waals surface area contributed by atoms with Gasteiger partial charge < -0.3 is 0 Å².